The normalized spacial score (nSPS) is 18.8. The van der Waals surface area contributed by atoms with Gasteiger partial charge in [-0.2, -0.15) is 0 Å². The molecule has 2 aliphatic heterocycles. The second-order valence-corrected chi connectivity index (χ2v) is 9.92. The van der Waals surface area contributed by atoms with Crippen molar-refractivity contribution in [1.29, 1.82) is 0 Å². The van der Waals surface area contributed by atoms with Crippen molar-refractivity contribution in [1.82, 2.24) is 0 Å². The monoisotopic (exact) mass is 471 g/mol. The molecule has 0 saturated carbocycles. The van der Waals surface area contributed by atoms with E-state index in [2.05, 4.69) is 121 Å². The number of fused-ring (bicyclic) bond motifs is 4. The summed E-state index contributed by atoms with van der Waals surface area (Å²) in [6, 6.07) is 21.7. The molecule has 0 saturated heterocycles. The summed E-state index contributed by atoms with van der Waals surface area (Å²) in [5.41, 5.74) is 16.8. The summed E-state index contributed by atoms with van der Waals surface area (Å²) in [5, 5.41) is 4.81. The number of hydrogen-bond donors (Lipinski definition) is 2. The van der Waals surface area contributed by atoms with Crippen LogP contribution in [-0.4, -0.2) is 7.05 Å². The van der Waals surface area contributed by atoms with E-state index < -0.39 is 0 Å². The fourth-order valence-electron chi connectivity index (χ4n) is 5.51. The van der Waals surface area contributed by atoms with Crippen LogP contribution in [0.2, 0.25) is 0 Å². The van der Waals surface area contributed by atoms with Gasteiger partial charge < -0.3 is 16.0 Å². The number of anilines is 3. The van der Waals surface area contributed by atoms with Crippen LogP contribution in [0.5, 0.6) is 0 Å². The molecule has 3 atom stereocenters. The lowest BCUT2D eigenvalue weighted by Gasteiger charge is -2.35. The minimum Gasteiger partial charge on any atom is -0.397 e. The topological polar surface area (TPSA) is 55.4 Å². The lowest BCUT2D eigenvalue weighted by molar-refractivity contribution is -0.257. The van der Waals surface area contributed by atoms with E-state index in [1.54, 1.807) is 0 Å². The number of nitrogen functional groups attached to an aromatic ring is 1. The first kappa shape index (κ1) is 22.2. The van der Waals surface area contributed by atoms with Crippen molar-refractivity contribution in [3.63, 3.8) is 0 Å². The maximum Gasteiger partial charge on any atom is 0.371 e. The standard InChI is InChI=1S/C32H31N4/c1-4-20(2)26-16-13-25-15-18-28(36(3)32(25)29(26)33)22-9-7-21(8-10-22)27-17-14-24-12-11-23-6-5-19-34-30(23)31(24)35-27/h5-18,20,27-28,35H,4,33H2,1-3H3/q+1. The van der Waals surface area contributed by atoms with Gasteiger partial charge in [-0.15, -0.1) is 0 Å². The van der Waals surface area contributed by atoms with E-state index in [-0.39, 0.29) is 12.1 Å². The molecule has 36 heavy (non-hydrogen) atoms. The molecule has 178 valence electrons. The third kappa shape index (κ3) is 3.60. The Balaban J connectivity index is 1.27. The van der Waals surface area contributed by atoms with E-state index in [4.69, 9.17) is 5.73 Å². The summed E-state index contributed by atoms with van der Waals surface area (Å²) >= 11 is 0. The van der Waals surface area contributed by atoms with Gasteiger partial charge in [0.25, 0.3) is 0 Å². The second-order valence-electron chi connectivity index (χ2n) is 9.92. The number of benzene rings is 3. The largest absolute Gasteiger partial charge is 0.397 e. The van der Waals surface area contributed by atoms with Gasteiger partial charge in [-0.25, -0.2) is 0 Å². The molecule has 4 heteroatoms. The van der Waals surface area contributed by atoms with Gasteiger partial charge in [-0.1, -0.05) is 80.6 Å². The predicted octanol–water partition coefficient (Wildman–Crippen LogP) is 6.72. The molecule has 6 rings (SSSR count). The average Bonchev–Trinajstić information content (AvgIpc) is 2.92. The zero-order valence-electron chi connectivity index (χ0n) is 21.0. The molecule has 0 fully saturated rings. The molecule has 3 N–H and O–H groups in total. The number of likely N-dealkylation sites (N-methyl/N-ethyl adjacent to an activating group) is 1. The summed E-state index contributed by atoms with van der Waals surface area (Å²) in [4.78, 5) is 6.82. The molecule has 3 aromatic carbocycles. The molecular formula is C32H31N4+. The van der Waals surface area contributed by atoms with E-state index in [1.165, 1.54) is 22.3 Å². The second kappa shape index (κ2) is 8.77. The van der Waals surface area contributed by atoms with Gasteiger partial charge in [0.2, 0.25) is 0 Å². The Morgan fingerprint density at radius 2 is 1.72 bits per heavy atom. The van der Waals surface area contributed by atoms with Gasteiger partial charge in [0.05, 0.1) is 34.9 Å². The molecule has 4 nitrogen and oxygen atoms in total. The number of nitrogens with one attached hydrogen (secondary N) is 1. The summed E-state index contributed by atoms with van der Waals surface area (Å²) in [5.74, 6) is 0.443. The summed E-state index contributed by atoms with van der Waals surface area (Å²) in [6.45, 7) is 4.46. The third-order valence-electron chi connectivity index (χ3n) is 7.81. The molecule has 0 bridgehead atoms. The van der Waals surface area contributed by atoms with Crippen LogP contribution in [0.1, 0.15) is 66.1 Å². The summed E-state index contributed by atoms with van der Waals surface area (Å²) in [6.07, 6.45) is 12.9. The lowest BCUT2D eigenvalue weighted by Crippen LogP contribution is -2.27. The smallest absolute Gasteiger partial charge is 0.371 e. The van der Waals surface area contributed by atoms with Crippen LogP contribution >= 0.6 is 0 Å². The number of hydrogen-bond acceptors (Lipinski definition) is 3. The molecular weight excluding hydrogens is 440 g/mol. The maximum atomic E-state index is 6.71. The van der Waals surface area contributed by atoms with Crippen molar-refractivity contribution >= 4 is 40.1 Å². The first-order valence-electron chi connectivity index (χ1n) is 12.7. The molecule has 0 aliphatic carbocycles. The minimum absolute atomic E-state index is 0.0910. The van der Waals surface area contributed by atoms with Crippen LogP contribution in [0.25, 0.3) is 23.1 Å². The van der Waals surface area contributed by atoms with E-state index >= 15 is 0 Å². The van der Waals surface area contributed by atoms with Gasteiger partial charge in [0, 0.05) is 12.6 Å². The zero-order chi connectivity index (χ0) is 24.8. The Hall–Kier alpha value is -4.23. The maximum absolute atomic E-state index is 6.71. The van der Waals surface area contributed by atoms with Crippen molar-refractivity contribution < 1.29 is 4.98 Å². The van der Waals surface area contributed by atoms with Crippen molar-refractivity contribution in [3.05, 3.63) is 107 Å². The highest BCUT2D eigenvalue weighted by Crippen LogP contribution is 2.43. The Morgan fingerprint density at radius 1 is 0.972 bits per heavy atom. The van der Waals surface area contributed by atoms with E-state index in [1.807, 2.05) is 6.07 Å². The number of aromatic nitrogens is 1. The Kier molecular flexibility index (Phi) is 5.42. The zero-order valence-corrected chi connectivity index (χ0v) is 21.0. The first-order chi connectivity index (χ1) is 17.5. The molecule has 4 aromatic rings. The van der Waals surface area contributed by atoms with Gasteiger partial charge in [0.15, 0.2) is 0 Å². The van der Waals surface area contributed by atoms with Gasteiger partial charge in [0.1, 0.15) is 5.69 Å². The van der Waals surface area contributed by atoms with Crippen LogP contribution in [0.4, 0.5) is 17.1 Å². The molecule has 2 aliphatic rings. The van der Waals surface area contributed by atoms with Crippen LogP contribution in [0.15, 0.2) is 72.8 Å². The van der Waals surface area contributed by atoms with Gasteiger partial charge >= 0.3 is 11.7 Å². The van der Waals surface area contributed by atoms with Gasteiger partial charge in [-0.3, -0.25) is 0 Å². The minimum atomic E-state index is 0.0910. The van der Waals surface area contributed by atoms with Crippen LogP contribution in [0, 0.1) is 6.20 Å². The van der Waals surface area contributed by atoms with Gasteiger partial charge in [-0.05, 0) is 51.7 Å². The van der Waals surface area contributed by atoms with Crippen molar-refractivity contribution in [2.24, 2.45) is 0 Å². The summed E-state index contributed by atoms with van der Waals surface area (Å²) in [7, 11) is 2.15. The highest BCUT2D eigenvalue weighted by atomic mass is 15.1. The van der Waals surface area contributed by atoms with Crippen molar-refractivity contribution in [2.75, 3.05) is 23.0 Å². The molecule has 0 spiro atoms. The Morgan fingerprint density at radius 3 is 2.53 bits per heavy atom. The molecule has 0 amide bonds. The van der Waals surface area contributed by atoms with Crippen molar-refractivity contribution in [2.45, 2.75) is 38.3 Å². The van der Waals surface area contributed by atoms with Crippen LogP contribution in [-0.2, 0) is 0 Å². The first-order valence-corrected chi connectivity index (χ1v) is 12.7. The number of nitrogens with two attached hydrogens (primary N) is 1. The van der Waals surface area contributed by atoms with Crippen LogP contribution in [0.3, 0.4) is 0 Å². The van der Waals surface area contributed by atoms with Crippen LogP contribution < -0.4 is 20.9 Å². The fraction of sp³-hybridized carbons (Fsp3) is 0.219. The lowest BCUT2D eigenvalue weighted by atomic mass is 9.90. The number of nitrogens with zero attached hydrogens (tertiary/aromatic N) is 2. The molecule has 0 radical (unpaired) electrons. The number of rotatable bonds is 4. The van der Waals surface area contributed by atoms with E-state index in [0.717, 1.165) is 39.9 Å². The fourth-order valence-corrected chi connectivity index (χ4v) is 5.51. The van der Waals surface area contributed by atoms with Crippen molar-refractivity contribution in [3.8, 4) is 0 Å². The van der Waals surface area contributed by atoms with E-state index in [0.29, 0.717) is 5.92 Å². The highest BCUT2D eigenvalue weighted by molar-refractivity contribution is 5.94. The third-order valence-corrected chi connectivity index (χ3v) is 7.81. The Bertz CT molecular complexity index is 1500. The van der Waals surface area contributed by atoms with E-state index in [9.17, 15) is 0 Å². The molecule has 3 unspecified atom stereocenters. The average molecular weight is 472 g/mol. The quantitative estimate of drug-likeness (QED) is 0.324. The molecule has 1 aromatic heterocycles. The predicted molar refractivity (Wildman–Crippen MR) is 150 cm³/mol. The Labute approximate surface area is 213 Å². The summed E-state index contributed by atoms with van der Waals surface area (Å²) < 4.78 is 0. The molecule has 3 heterocycles. The highest BCUT2D eigenvalue weighted by Gasteiger charge is 2.26. The SMILES string of the molecule is CCC(C)c1ccc2c(c1N)N(C)C(c1ccc(C3C=Cc4ccc5ccc#[n+]c5c4N3)cc1)C=C2.